The molecular weight excluding hydrogens is 196 g/mol. The minimum atomic E-state index is -0.370. The second-order valence-corrected chi connectivity index (χ2v) is 2.83. The summed E-state index contributed by atoms with van der Waals surface area (Å²) in [7, 11) is 0. The molecule has 0 aliphatic heterocycles. The Bertz CT molecular complexity index is 346. The highest BCUT2D eigenvalue weighted by atomic mass is 16.5. The molecule has 0 fully saturated rings. The predicted molar refractivity (Wildman–Crippen MR) is 53.3 cm³/mol. The third-order valence-electron chi connectivity index (χ3n) is 1.76. The van der Waals surface area contributed by atoms with E-state index >= 15 is 0 Å². The molecule has 0 saturated carbocycles. The van der Waals surface area contributed by atoms with Crippen LogP contribution in [-0.2, 0) is 20.9 Å². The Hall–Kier alpha value is -1.84. The van der Waals surface area contributed by atoms with Gasteiger partial charge in [-0.2, -0.15) is 0 Å². The zero-order valence-electron chi connectivity index (χ0n) is 8.43. The third-order valence-corrected chi connectivity index (χ3v) is 1.76. The minimum absolute atomic E-state index is 0.163. The van der Waals surface area contributed by atoms with E-state index in [-0.39, 0.29) is 12.6 Å². The molecule has 0 atom stereocenters. The van der Waals surface area contributed by atoms with Crippen LogP contribution in [0.1, 0.15) is 22.8 Å². The maximum absolute atomic E-state index is 11.3. The summed E-state index contributed by atoms with van der Waals surface area (Å²) in [6.07, 6.45) is 0. The van der Waals surface area contributed by atoms with E-state index in [2.05, 4.69) is 4.74 Å². The molecule has 0 heterocycles. The summed E-state index contributed by atoms with van der Waals surface area (Å²) >= 11 is 0. The molecule has 1 aromatic rings. The van der Waals surface area contributed by atoms with Gasteiger partial charge in [-0.25, -0.2) is 4.79 Å². The van der Waals surface area contributed by atoms with Crippen molar-refractivity contribution in [2.75, 3.05) is 6.61 Å². The molecule has 0 unspecified atom stereocenters. The lowest BCUT2D eigenvalue weighted by atomic mass is 10.1. The van der Waals surface area contributed by atoms with Crippen LogP contribution in [0.4, 0.5) is 0 Å². The average molecular weight is 208 g/mol. The Balaban J connectivity index is 2.73. The molecule has 0 spiro atoms. The van der Waals surface area contributed by atoms with Crippen molar-refractivity contribution in [3.8, 4) is 0 Å². The van der Waals surface area contributed by atoms with Gasteiger partial charge in [-0.05, 0) is 24.6 Å². The lowest BCUT2D eigenvalue weighted by molar-refractivity contribution is -0.129. The van der Waals surface area contributed by atoms with Crippen LogP contribution in [0, 0.1) is 0 Å². The van der Waals surface area contributed by atoms with E-state index in [0.29, 0.717) is 18.6 Å². The van der Waals surface area contributed by atoms with Crippen molar-refractivity contribution in [2.24, 2.45) is 0 Å². The smallest absolute Gasteiger partial charge is 0.338 e. The summed E-state index contributed by atoms with van der Waals surface area (Å²) in [5.74, 6) is -0.370. The fourth-order valence-corrected chi connectivity index (χ4v) is 1.13. The van der Waals surface area contributed by atoms with E-state index in [1.807, 2.05) is 0 Å². The van der Waals surface area contributed by atoms with Gasteiger partial charge in [-0.15, -0.1) is 0 Å². The van der Waals surface area contributed by atoms with Crippen molar-refractivity contribution in [3.05, 3.63) is 35.4 Å². The largest absolute Gasteiger partial charge is 0.463 e. The quantitative estimate of drug-likeness (QED) is 0.544. The van der Waals surface area contributed by atoms with Gasteiger partial charge in [-0.3, -0.25) is 4.79 Å². The molecule has 1 aromatic carbocycles. The van der Waals surface area contributed by atoms with Gasteiger partial charge in [0.15, 0.2) is 0 Å². The summed E-state index contributed by atoms with van der Waals surface area (Å²) in [5, 5.41) is 0. The van der Waals surface area contributed by atoms with E-state index in [1.165, 1.54) is 0 Å². The van der Waals surface area contributed by atoms with E-state index in [0.717, 1.165) is 5.56 Å². The number of hydrogen-bond acceptors (Lipinski definition) is 4. The highest BCUT2D eigenvalue weighted by Crippen LogP contribution is 2.07. The first-order valence-electron chi connectivity index (χ1n) is 4.59. The number of hydrogen-bond donors (Lipinski definition) is 0. The molecule has 4 heteroatoms. The van der Waals surface area contributed by atoms with Crippen molar-refractivity contribution in [3.63, 3.8) is 0 Å². The molecule has 0 amide bonds. The van der Waals surface area contributed by atoms with Crippen LogP contribution in [-0.4, -0.2) is 19.0 Å². The summed E-state index contributed by atoms with van der Waals surface area (Å²) in [5.41, 5.74) is 1.22. The molecule has 0 bridgehead atoms. The summed E-state index contributed by atoms with van der Waals surface area (Å²) in [6.45, 7) is 2.62. The monoisotopic (exact) mass is 208 g/mol. The maximum Gasteiger partial charge on any atom is 0.338 e. The first-order valence-corrected chi connectivity index (χ1v) is 4.59. The standard InChI is InChI=1S/C11H12O4/c1-2-15-11(13)10-5-3-4-9(6-10)7-14-8-12/h3-6,8H,2,7H2,1H3. The number of ether oxygens (including phenoxy) is 2. The molecule has 0 aliphatic rings. The highest BCUT2D eigenvalue weighted by molar-refractivity contribution is 5.89. The Morgan fingerprint density at radius 3 is 2.93 bits per heavy atom. The van der Waals surface area contributed by atoms with Crippen LogP contribution < -0.4 is 0 Å². The zero-order chi connectivity index (χ0) is 11.1. The Morgan fingerprint density at radius 2 is 2.27 bits per heavy atom. The number of carbonyl (C=O) groups excluding carboxylic acids is 2. The van der Waals surface area contributed by atoms with Gasteiger partial charge in [0, 0.05) is 0 Å². The summed E-state index contributed by atoms with van der Waals surface area (Å²) in [4.78, 5) is 21.3. The molecule has 15 heavy (non-hydrogen) atoms. The van der Waals surface area contributed by atoms with Gasteiger partial charge in [0.1, 0.15) is 6.61 Å². The van der Waals surface area contributed by atoms with E-state index in [4.69, 9.17) is 4.74 Å². The molecule has 0 aliphatic carbocycles. The zero-order valence-corrected chi connectivity index (χ0v) is 8.43. The fourth-order valence-electron chi connectivity index (χ4n) is 1.13. The van der Waals surface area contributed by atoms with Crippen LogP contribution >= 0.6 is 0 Å². The van der Waals surface area contributed by atoms with E-state index in [1.54, 1.807) is 31.2 Å². The van der Waals surface area contributed by atoms with Crippen LogP contribution in [0.15, 0.2) is 24.3 Å². The molecule has 80 valence electrons. The molecule has 0 N–H and O–H groups in total. The van der Waals surface area contributed by atoms with E-state index in [9.17, 15) is 9.59 Å². The lowest BCUT2D eigenvalue weighted by Gasteiger charge is -2.03. The van der Waals surface area contributed by atoms with Crippen LogP contribution in [0.3, 0.4) is 0 Å². The lowest BCUT2D eigenvalue weighted by Crippen LogP contribution is -2.05. The molecule has 1 rings (SSSR count). The van der Waals surface area contributed by atoms with Crippen LogP contribution in [0.25, 0.3) is 0 Å². The first-order chi connectivity index (χ1) is 7.27. The summed E-state index contributed by atoms with van der Waals surface area (Å²) < 4.78 is 9.42. The SMILES string of the molecule is CCOC(=O)c1cccc(COC=O)c1. The number of benzene rings is 1. The van der Waals surface area contributed by atoms with E-state index < -0.39 is 0 Å². The second-order valence-electron chi connectivity index (χ2n) is 2.83. The van der Waals surface area contributed by atoms with Crippen molar-refractivity contribution in [1.29, 1.82) is 0 Å². The normalized spacial score (nSPS) is 9.40. The number of rotatable bonds is 5. The second kappa shape index (κ2) is 5.80. The maximum atomic E-state index is 11.3. The predicted octanol–water partition coefficient (Wildman–Crippen LogP) is 1.54. The topological polar surface area (TPSA) is 52.6 Å². The van der Waals surface area contributed by atoms with Crippen molar-refractivity contribution in [2.45, 2.75) is 13.5 Å². The average Bonchev–Trinajstić information content (AvgIpc) is 2.27. The molecule has 4 nitrogen and oxygen atoms in total. The molecular formula is C11H12O4. The van der Waals surface area contributed by atoms with Gasteiger partial charge in [0.2, 0.25) is 0 Å². The van der Waals surface area contributed by atoms with Crippen molar-refractivity contribution < 1.29 is 19.1 Å². The van der Waals surface area contributed by atoms with Gasteiger partial charge in [0.25, 0.3) is 6.47 Å². The molecule has 0 saturated heterocycles. The minimum Gasteiger partial charge on any atom is -0.463 e. The summed E-state index contributed by atoms with van der Waals surface area (Å²) in [6, 6.07) is 6.78. The Kier molecular flexibility index (Phi) is 4.34. The van der Waals surface area contributed by atoms with Gasteiger partial charge in [0.05, 0.1) is 12.2 Å². The molecule has 0 aromatic heterocycles. The van der Waals surface area contributed by atoms with Crippen LogP contribution in [0.5, 0.6) is 0 Å². The van der Waals surface area contributed by atoms with Crippen molar-refractivity contribution in [1.82, 2.24) is 0 Å². The van der Waals surface area contributed by atoms with Crippen LogP contribution in [0.2, 0.25) is 0 Å². The van der Waals surface area contributed by atoms with Gasteiger partial charge in [-0.1, -0.05) is 12.1 Å². The Labute approximate surface area is 87.8 Å². The highest BCUT2D eigenvalue weighted by Gasteiger charge is 2.06. The first kappa shape index (κ1) is 11.2. The van der Waals surface area contributed by atoms with Gasteiger partial charge >= 0.3 is 5.97 Å². The number of carbonyl (C=O) groups is 2. The fraction of sp³-hybridized carbons (Fsp3) is 0.273. The number of esters is 1. The van der Waals surface area contributed by atoms with Crippen molar-refractivity contribution >= 4 is 12.4 Å². The van der Waals surface area contributed by atoms with Gasteiger partial charge < -0.3 is 9.47 Å². The molecule has 0 radical (unpaired) electrons. The third kappa shape index (κ3) is 3.42. The Morgan fingerprint density at radius 1 is 1.47 bits per heavy atom.